The van der Waals surface area contributed by atoms with Crippen molar-refractivity contribution in [2.75, 3.05) is 13.2 Å². The van der Waals surface area contributed by atoms with Crippen LogP contribution in [0.3, 0.4) is 0 Å². The van der Waals surface area contributed by atoms with E-state index in [9.17, 15) is 9.59 Å². The van der Waals surface area contributed by atoms with Crippen LogP contribution in [0.5, 0.6) is 0 Å². The minimum Gasteiger partial charge on any atom is -0.460 e. The van der Waals surface area contributed by atoms with E-state index in [4.69, 9.17) is 19.7 Å². The Bertz CT molecular complexity index is 754. The van der Waals surface area contributed by atoms with Gasteiger partial charge in [0.15, 0.2) is 0 Å². The van der Waals surface area contributed by atoms with E-state index in [1.807, 2.05) is 6.08 Å². The molecule has 0 aromatic heterocycles. The fourth-order valence-corrected chi connectivity index (χ4v) is 6.65. The zero-order chi connectivity index (χ0) is 20.8. The highest BCUT2D eigenvalue weighted by Crippen LogP contribution is 2.63. The molecule has 2 saturated carbocycles. The van der Waals surface area contributed by atoms with Crippen molar-refractivity contribution in [2.45, 2.75) is 71.0 Å². The van der Waals surface area contributed by atoms with Crippen LogP contribution >= 0.6 is 0 Å². The fraction of sp³-hybridized carbons (Fsp3) is 0.739. The number of hydrogen-bond acceptors (Lipinski definition) is 6. The van der Waals surface area contributed by atoms with E-state index < -0.39 is 25.2 Å². The summed E-state index contributed by atoms with van der Waals surface area (Å²) in [4.78, 5) is 23.2. The molecule has 6 heteroatoms. The van der Waals surface area contributed by atoms with Gasteiger partial charge < -0.3 is 19.7 Å². The molecule has 6 nitrogen and oxygen atoms in total. The third-order valence-electron chi connectivity index (χ3n) is 8.21. The molecule has 6 atom stereocenters. The van der Waals surface area contributed by atoms with Crippen LogP contribution in [0, 0.1) is 22.7 Å². The molecule has 0 heterocycles. The zero-order valence-electron chi connectivity index (χ0n) is 17.4. The molecule has 4 aliphatic carbocycles. The summed E-state index contributed by atoms with van der Waals surface area (Å²) in [6, 6.07) is 0. The number of aliphatic hydroxyl groups is 2. The number of carbonyl (C=O) groups is 2. The summed E-state index contributed by atoms with van der Waals surface area (Å²) >= 11 is 0. The molecule has 0 aromatic rings. The van der Waals surface area contributed by atoms with Crippen LogP contribution < -0.4 is 0 Å². The number of rotatable bonds is 4. The Labute approximate surface area is 172 Å². The highest BCUT2D eigenvalue weighted by atomic mass is 16.6. The van der Waals surface area contributed by atoms with Gasteiger partial charge in [-0.05, 0) is 68.3 Å². The van der Waals surface area contributed by atoms with Crippen LogP contribution in [0.2, 0.25) is 0 Å². The van der Waals surface area contributed by atoms with Crippen molar-refractivity contribution in [3.05, 3.63) is 23.3 Å². The molecule has 0 bridgehead atoms. The molecule has 3 unspecified atom stereocenters. The number of allylic oxidation sites excluding steroid dienone is 2. The van der Waals surface area contributed by atoms with E-state index in [1.165, 1.54) is 5.57 Å². The first-order valence-corrected chi connectivity index (χ1v) is 10.8. The SMILES string of the molecule is C[C@]12CC[C@@H]3C(=C1CCC2OC(=O)CO)CCC1CC(OC(=O)CO)C=C[C@@]13C. The van der Waals surface area contributed by atoms with Gasteiger partial charge >= 0.3 is 11.9 Å². The number of carbonyl (C=O) groups excluding carboxylic acids is 2. The van der Waals surface area contributed by atoms with Crippen molar-refractivity contribution in [2.24, 2.45) is 22.7 Å². The summed E-state index contributed by atoms with van der Waals surface area (Å²) in [5.41, 5.74) is 2.96. The number of esters is 2. The van der Waals surface area contributed by atoms with Crippen LogP contribution in [0.15, 0.2) is 23.3 Å². The quantitative estimate of drug-likeness (QED) is 0.553. The predicted molar refractivity (Wildman–Crippen MR) is 106 cm³/mol. The van der Waals surface area contributed by atoms with Gasteiger partial charge in [-0.15, -0.1) is 0 Å². The first-order chi connectivity index (χ1) is 13.8. The van der Waals surface area contributed by atoms with E-state index in [0.717, 1.165) is 44.9 Å². The Kier molecular flexibility index (Phi) is 5.36. The largest absolute Gasteiger partial charge is 0.460 e. The van der Waals surface area contributed by atoms with Crippen LogP contribution in [0.4, 0.5) is 0 Å². The molecule has 0 aliphatic heterocycles. The van der Waals surface area contributed by atoms with Crippen LogP contribution in [-0.4, -0.2) is 47.6 Å². The third-order valence-corrected chi connectivity index (χ3v) is 8.21. The van der Waals surface area contributed by atoms with E-state index in [-0.39, 0.29) is 23.0 Å². The fourth-order valence-electron chi connectivity index (χ4n) is 6.65. The van der Waals surface area contributed by atoms with E-state index in [0.29, 0.717) is 11.8 Å². The highest BCUT2D eigenvalue weighted by molar-refractivity contribution is 5.71. The number of hydrogen-bond donors (Lipinski definition) is 2. The van der Waals surface area contributed by atoms with Gasteiger partial charge in [0, 0.05) is 5.41 Å². The predicted octanol–water partition coefficient (Wildman–Crippen LogP) is 2.68. The van der Waals surface area contributed by atoms with E-state index >= 15 is 0 Å². The van der Waals surface area contributed by atoms with Crippen LogP contribution in [0.25, 0.3) is 0 Å². The van der Waals surface area contributed by atoms with Gasteiger partial charge in [-0.1, -0.05) is 31.1 Å². The summed E-state index contributed by atoms with van der Waals surface area (Å²) in [7, 11) is 0. The highest BCUT2D eigenvalue weighted by Gasteiger charge is 2.55. The first-order valence-electron chi connectivity index (χ1n) is 10.8. The molecule has 0 saturated heterocycles. The van der Waals surface area contributed by atoms with Crippen LogP contribution in [0.1, 0.15) is 58.8 Å². The molecule has 29 heavy (non-hydrogen) atoms. The van der Waals surface area contributed by atoms with E-state index in [2.05, 4.69) is 19.9 Å². The summed E-state index contributed by atoms with van der Waals surface area (Å²) in [5.74, 6) is -0.168. The van der Waals surface area contributed by atoms with Crippen LogP contribution in [-0.2, 0) is 19.1 Å². The maximum atomic E-state index is 11.7. The maximum Gasteiger partial charge on any atom is 0.332 e. The van der Waals surface area contributed by atoms with E-state index in [1.54, 1.807) is 5.57 Å². The molecule has 2 N–H and O–H groups in total. The molecule has 0 radical (unpaired) electrons. The Balaban J connectivity index is 1.59. The standard InChI is InChI=1S/C23H32O6/c1-22-9-7-15(28-20(26)12-24)11-14(22)3-4-16-17-5-6-19(29-21(27)13-25)23(17,2)10-8-18(16)22/h7,9,14-15,18-19,24-25H,3-6,8,10-13H2,1-2H3/t14?,15?,18-,19?,22+,23+/m1/s1. The number of aliphatic hydroxyl groups excluding tert-OH is 2. The lowest BCUT2D eigenvalue weighted by molar-refractivity contribution is -0.157. The lowest BCUT2D eigenvalue weighted by Crippen LogP contribution is -2.47. The first kappa shape index (κ1) is 20.6. The van der Waals surface area contributed by atoms with Crippen molar-refractivity contribution in [3.8, 4) is 0 Å². The second-order valence-electron chi connectivity index (χ2n) is 9.57. The Morgan fingerprint density at radius 1 is 1.07 bits per heavy atom. The summed E-state index contributed by atoms with van der Waals surface area (Å²) in [6.07, 6.45) is 10.6. The topological polar surface area (TPSA) is 93.1 Å². The van der Waals surface area contributed by atoms with Gasteiger partial charge in [0.1, 0.15) is 25.4 Å². The zero-order valence-corrected chi connectivity index (χ0v) is 17.4. The maximum absolute atomic E-state index is 11.7. The van der Waals surface area contributed by atoms with Gasteiger partial charge in [-0.2, -0.15) is 0 Å². The van der Waals surface area contributed by atoms with Gasteiger partial charge in [0.05, 0.1) is 0 Å². The normalized spacial score (nSPS) is 40.7. The minimum atomic E-state index is -0.578. The average molecular weight is 405 g/mol. The minimum absolute atomic E-state index is 0.0455. The summed E-state index contributed by atoms with van der Waals surface area (Å²) in [6.45, 7) is 3.42. The summed E-state index contributed by atoms with van der Waals surface area (Å²) in [5, 5.41) is 18.0. The Hall–Kier alpha value is -1.66. The molecular formula is C23H32O6. The van der Waals surface area contributed by atoms with Crippen molar-refractivity contribution in [1.82, 2.24) is 0 Å². The van der Waals surface area contributed by atoms with Crippen molar-refractivity contribution in [3.63, 3.8) is 0 Å². The molecule has 2 fully saturated rings. The smallest absolute Gasteiger partial charge is 0.332 e. The molecule has 0 amide bonds. The molecular weight excluding hydrogens is 372 g/mol. The van der Waals surface area contributed by atoms with Gasteiger partial charge in [0.2, 0.25) is 0 Å². The van der Waals surface area contributed by atoms with Crippen molar-refractivity contribution in [1.29, 1.82) is 0 Å². The monoisotopic (exact) mass is 404 g/mol. The molecule has 4 aliphatic rings. The van der Waals surface area contributed by atoms with Gasteiger partial charge in [0.25, 0.3) is 0 Å². The number of ether oxygens (including phenoxy) is 2. The average Bonchev–Trinajstić information content (AvgIpc) is 3.04. The van der Waals surface area contributed by atoms with Crippen molar-refractivity contribution >= 4 is 11.9 Å². The second kappa shape index (κ2) is 7.55. The lowest BCUT2D eigenvalue weighted by Gasteiger charge is -2.54. The molecule has 4 rings (SSSR count). The lowest BCUT2D eigenvalue weighted by atomic mass is 9.51. The third kappa shape index (κ3) is 3.34. The second-order valence-corrected chi connectivity index (χ2v) is 9.57. The Morgan fingerprint density at radius 3 is 2.52 bits per heavy atom. The van der Waals surface area contributed by atoms with Gasteiger partial charge in [-0.25, -0.2) is 9.59 Å². The molecule has 0 aromatic carbocycles. The molecule has 0 spiro atoms. The number of fused-ring (bicyclic) bond motifs is 4. The van der Waals surface area contributed by atoms with Gasteiger partial charge in [-0.3, -0.25) is 0 Å². The summed E-state index contributed by atoms with van der Waals surface area (Å²) < 4.78 is 11.0. The molecule has 160 valence electrons. The van der Waals surface area contributed by atoms with Crippen molar-refractivity contribution < 1.29 is 29.3 Å². The Morgan fingerprint density at radius 2 is 1.79 bits per heavy atom.